The number of aryl methyl sites for hydroxylation is 1. The summed E-state index contributed by atoms with van der Waals surface area (Å²) in [5.41, 5.74) is 2.51. The Kier molecular flexibility index (Phi) is 4.83. The highest BCUT2D eigenvalue weighted by molar-refractivity contribution is 5.22. The first kappa shape index (κ1) is 12.3. The number of aliphatic hydroxyl groups excluding tert-OH is 1. The number of benzene rings is 1. The van der Waals surface area contributed by atoms with E-state index in [0.717, 1.165) is 19.3 Å². The van der Waals surface area contributed by atoms with Gasteiger partial charge in [0.25, 0.3) is 0 Å². The van der Waals surface area contributed by atoms with Crippen molar-refractivity contribution in [1.82, 2.24) is 0 Å². The fourth-order valence-corrected chi connectivity index (χ4v) is 1.74. The fourth-order valence-electron chi connectivity index (χ4n) is 1.74. The van der Waals surface area contributed by atoms with Crippen molar-refractivity contribution in [3.63, 3.8) is 0 Å². The van der Waals surface area contributed by atoms with Gasteiger partial charge in [0.15, 0.2) is 0 Å². The summed E-state index contributed by atoms with van der Waals surface area (Å²) in [4.78, 5) is 0. The van der Waals surface area contributed by atoms with Crippen molar-refractivity contribution in [3.8, 4) is 0 Å². The number of rotatable bonds is 5. The molecular formula is C14H22O. The van der Waals surface area contributed by atoms with E-state index in [1.165, 1.54) is 11.1 Å². The molecule has 1 atom stereocenters. The van der Waals surface area contributed by atoms with Crippen LogP contribution in [0.5, 0.6) is 0 Å². The summed E-state index contributed by atoms with van der Waals surface area (Å²) < 4.78 is 0. The van der Waals surface area contributed by atoms with Crippen molar-refractivity contribution >= 4 is 0 Å². The first-order valence-electron chi connectivity index (χ1n) is 5.81. The second-order valence-electron chi connectivity index (χ2n) is 4.82. The Hall–Kier alpha value is -0.820. The van der Waals surface area contributed by atoms with Gasteiger partial charge in [-0.1, -0.05) is 43.7 Å². The molecule has 0 bridgehead atoms. The van der Waals surface area contributed by atoms with Crippen LogP contribution in [0.25, 0.3) is 0 Å². The third-order valence-corrected chi connectivity index (χ3v) is 2.63. The third-order valence-electron chi connectivity index (χ3n) is 2.63. The largest absolute Gasteiger partial charge is 0.393 e. The molecule has 1 aromatic rings. The van der Waals surface area contributed by atoms with E-state index in [1.807, 2.05) is 0 Å². The zero-order valence-electron chi connectivity index (χ0n) is 10.0. The van der Waals surface area contributed by atoms with E-state index in [1.54, 1.807) is 0 Å². The molecule has 0 radical (unpaired) electrons. The van der Waals surface area contributed by atoms with Crippen LogP contribution in [0.15, 0.2) is 24.3 Å². The average molecular weight is 206 g/mol. The zero-order chi connectivity index (χ0) is 11.3. The molecule has 0 spiro atoms. The molecule has 1 rings (SSSR count). The Morgan fingerprint density at radius 3 is 2.53 bits per heavy atom. The second kappa shape index (κ2) is 5.92. The van der Waals surface area contributed by atoms with Crippen LogP contribution >= 0.6 is 0 Å². The van der Waals surface area contributed by atoms with Crippen LogP contribution in [0.3, 0.4) is 0 Å². The van der Waals surface area contributed by atoms with Crippen LogP contribution < -0.4 is 0 Å². The number of hydrogen-bond donors (Lipinski definition) is 1. The van der Waals surface area contributed by atoms with Gasteiger partial charge in [0.05, 0.1) is 6.10 Å². The maximum atomic E-state index is 9.84. The monoisotopic (exact) mass is 206 g/mol. The average Bonchev–Trinajstić information content (AvgIpc) is 2.15. The molecule has 0 fully saturated rings. The molecule has 1 aromatic carbocycles. The Bertz CT molecular complexity index is 291. The minimum atomic E-state index is -0.186. The van der Waals surface area contributed by atoms with Gasteiger partial charge >= 0.3 is 0 Å². The highest BCUT2D eigenvalue weighted by atomic mass is 16.3. The van der Waals surface area contributed by atoms with E-state index in [-0.39, 0.29) is 6.10 Å². The van der Waals surface area contributed by atoms with E-state index < -0.39 is 0 Å². The van der Waals surface area contributed by atoms with Gasteiger partial charge in [-0.2, -0.15) is 0 Å². The first-order valence-corrected chi connectivity index (χ1v) is 5.81. The molecular weight excluding hydrogens is 184 g/mol. The normalized spacial score (nSPS) is 13.1. The van der Waals surface area contributed by atoms with Gasteiger partial charge in [-0.05, 0) is 37.7 Å². The van der Waals surface area contributed by atoms with E-state index in [0.29, 0.717) is 5.92 Å². The quantitative estimate of drug-likeness (QED) is 0.783. The van der Waals surface area contributed by atoms with Gasteiger partial charge < -0.3 is 5.11 Å². The molecule has 0 amide bonds. The van der Waals surface area contributed by atoms with E-state index in [4.69, 9.17) is 0 Å². The Morgan fingerprint density at radius 2 is 1.93 bits per heavy atom. The maximum absolute atomic E-state index is 9.84. The number of aliphatic hydroxyl groups is 1. The van der Waals surface area contributed by atoms with Gasteiger partial charge in [0.1, 0.15) is 0 Å². The lowest BCUT2D eigenvalue weighted by Gasteiger charge is -2.12. The molecule has 1 unspecified atom stereocenters. The molecule has 84 valence electrons. The molecule has 0 aliphatic carbocycles. The van der Waals surface area contributed by atoms with Gasteiger partial charge in [0.2, 0.25) is 0 Å². The zero-order valence-corrected chi connectivity index (χ0v) is 10.0. The first-order chi connectivity index (χ1) is 7.08. The van der Waals surface area contributed by atoms with E-state index in [9.17, 15) is 5.11 Å². The minimum Gasteiger partial charge on any atom is -0.393 e. The number of hydrogen-bond acceptors (Lipinski definition) is 1. The highest BCUT2D eigenvalue weighted by Gasteiger charge is 2.06. The van der Waals surface area contributed by atoms with Gasteiger partial charge in [0, 0.05) is 0 Å². The van der Waals surface area contributed by atoms with Crippen LogP contribution in [0, 0.1) is 12.8 Å². The van der Waals surface area contributed by atoms with E-state index >= 15 is 0 Å². The summed E-state index contributed by atoms with van der Waals surface area (Å²) in [5.74, 6) is 0.678. The molecule has 0 aliphatic rings. The smallest absolute Gasteiger partial charge is 0.0580 e. The van der Waals surface area contributed by atoms with Crippen LogP contribution in [-0.4, -0.2) is 11.2 Å². The van der Waals surface area contributed by atoms with Crippen LogP contribution in [0.4, 0.5) is 0 Å². The molecule has 0 aliphatic heterocycles. The Balaban J connectivity index is 2.40. The summed E-state index contributed by atoms with van der Waals surface area (Å²) in [7, 11) is 0. The van der Waals surface area contributed by atoms with E-state index in [2.05, 4.69) is 45.0 Å². The second-order valence-corrected chi connectivity index (χ2v) is 4.82. The fraction of sp³-hybridized carbons (Fsp3) is 0.571. The van der Waals surface area contributed by atoms with Crippen molar-refractivity contribution in [3.05, 3.63) is 35.4 Å². The molecule has 1 nitrogen and oxygen atoms in total. The molecule has 0 aromatic heterocycles. The predicted octanol–water partition coefficient (Wildman–Crippen LogP) is 3.33. The lowest BCUT2D eigenvalue weighted by Crippen LogP contribution is -2.11. The molecule has 0 saturated carbocycles. The topological polar surface area (TPSA) is 20.2 Å². The molecule has 0 saturated heterocycles. The summed E-state index contributed by atoms with van der Waals surface area (Å²) >= 11 is 0. The molecule has 1 heteroatoms. The maximum Gasteiger partial charge on any atom is 0.0580 e. The molecule has 15 heavy (non-hydrogen) atoms. The molecule has 1 N–H and O–H groups in total. The van der Waals surface area contributed by atoms with Crippen molar-refractivity contribution < 1.29 is 5.11 Å². The van der Waals surface area contributed by atoms with Gasteiger partial charge in [-0.3, -0.25) is 0 Å². The predicted molar refractivity (Wildman–Crippen MR) is 65.0 cm³/mol. The summed E-state index contributed by atoms with van der Waals surface area (Å²) in [6, 6.07) is 8.38. The van der Waals surface area contributed by atoms with Crippen LogP contribution in [-0.2, 0) is 6.42 Å². The third kappa shape index (κ3) is 4.98. The Morgan fingerprint density at radius 1 is 1.20 bits per heavy atom. The van der Waals surface area contributed by atoms with Crippen molar-refractivity contribution in [1.29, 1.82) is 0 Å². The molecule has 0 heterocycles. The lowest BCUT2D eigenvalue weighted by molar-refractivity contribution is 0.157. The van der Waals surface area contributed by atoms with Crippen molar-refractivity contribution in [2.24, 2.45) is 5.92 Å². The van der Waals surface area contributed by atoms with Gasteiger partial charge in [-0.15, -0.1) is 0 Å². The lowest BCUT2D eigenvalue weighted by atomic mass is 9.99. The SMILES string of the molecule is Cc1cccc(CC(O)CCC(C)C)c1. The summed E-state index contributed by atoms with van der Waals surface area (Å²) in [6.45, 7) is 6.47. The summed E-state index contributed by atoms with van der Waals surface area (Å²) in [5, 5.41) is 9.84. The van der Waals surface area contributed by atoms with Crippen molar-refractivity contribution in [2.45, 2.75) is 46.1 Å². The summed E-state index contributed by atoms with van der Waals surface area (Å²) in [6.07, 6.45) is 2.61. The van der Waals surface area contributed by atoms with Crippen LogP contribution in [0.2, 0.25) is 0 Å². The van der Waals surface area contributed by atoms with Crippen molar-refractivity contribution in [2.75, 3.05) is 0 Å². The standard InChI is InChI=1S/C14H22O/c1-11(2)7-8-14(15)10-13-6-4-5-12(3)9-13/h4-6,9,11,14-15H,7-8,10H2,1-3H3. The minimum absolute atomic E-state index is 0.186. The highest BCUT2D eigenvalue weighted by Crippen LogP contribution is 2.12. The van der Waals surface area contributed by atoms with Crippen LogP contribution in [0.1, 0.15) is 37.8 Å². The Labute approximate surface area is 93.1 Å². The van der Waals surface area contributed by atoms with Gasteiger partial charge in [-0.25, -0.2) is 0 Å².